The van der Waals surface area contributed by atoms with Crippen LogP contribution < -0.4 is 19.5 Å². The number of nitrogens with zero attached hydrogens (tertiary/aromatic N) is 2. The quantitative estimate of drug-likeness (QED) is 0.856. The number of ether oxygens (including phenoxy) is 3. The number of methoxy groups -OCH3 is 3. The zero-order valence-electron chi connectivity index (χ0n) is 11.3. The Balaban J connectivity index is 2.37. The molecule has 0 spiro atoms. The summed E-state index contributed by atoms with van der Waals surface area (Å²) in [7, 11) is 4.67. The molecule has 6 nitrogen and oxygen atoms in total. The largest absolute Gasteiger partial charge is 0.497 e. The molecule has 0 fully saturated rings. The molecule has 0 aliphatic heterocycles. The average molecular weight is 296 g/mol. The minimum absolute atomic E-state index is 0.234. The molecular weight excluding hydrogens is 282 g/mol. The van der Waals surface area contributed by atoms with Crippen molar-refractivity contribution >= 4 is 23.1 Å². The lowest BCUT2D eigenvalue weighted by Gasteiger charge is -2.14. The highest BCUT2D eigenvalue weighted by Gasteiger charge is 2.13. The van der Waals surface area contributed by atoms with Crippen LogP contribution in [0.5, 0.6) is 17.2 Å². The monoisotopic (exact) mass is 295 g/mol. The van der Waals surface area contributed by atoms with Crippen LogP contribution in [-0.4, -0.2) is 31.3 Å². The van der Waals surface area contributed by atoms with Crippen molar-refractivity contribution < 1.29 is 14.2 Å². The lowest BCUT2D eigenvalue weighted by Crippen LogP contribution is -2.01. The number of hydrogen-bond acceptors (Lipinski definition) is 6. The second-order valence-corrected chi connectivity index (χ2v) is 4.10. The van der Waals surface area contributed by atoms with Gasteiger partial charge in [-0.05, 0) is 12.1 Å². The smallest absolute Gasteiger partial charge is 0.199 e. The Kier molecular flexibility index (Phi) is 4.47. The Morgan fingerprint density at radius 1 is 1.05 bits per heavy atom. The molecule has 0 saturated carbocycles. The van der Waals surface area contributed by atoms with E-state index >= 15 is 0 Å². The Morgan fingerprint density at radius 2 is 1.85 bits per heavy atom. The highest BCUT2D eigenvalue weighted by molar-refractivity contribution is 6.31. The van der Waals surface area contributed by atoms with E-state index < -0.39 is 0 Å². The average Bonchev–Trinajstić information content (AvgIpc) is 2.48. The van der Waals surface area contributed by atoms with E-state index in [4.69, 9.17) is 25.8 Å². The van der Waals surface area contributed by atoms with Gasteiger partial charge in [-0.1, -0.05) is 11.6 Å². The van der Waals surface area contributed by atoms with E-state index in [1.807, 2.05) is 6.07 Å². The molecule has 0 aliphatic rings. The number of hydrogen-bond donors (Lipinski definition) is 1. The Bertz CT molecular complexity index is 607. The maximum atomic E-state index is 5.95. The predicted molar refractivity (Wildman–Crippen MR) is 76.4 cm³/mol. The third-order valence-corrected chi connectivity index (χ3v) is 2.90. The second-order valence-electron chi connectivity index (χ2n) is 3.74. The van der Waals surface area contributed by atoms with Crippen LogP contribution in [0.2, 0.25) is 5.15 Å². The van der Waals surface area contributed by atoms with Gasteiger partial charge in [0.2, 0.25) is 0 Å². The Hall–Kier alpha value is -2.21. The van der Waals surface area contributed by atoms with Gasteiger partial charge in [0.15, 0.2) is 16.7 Å². The fraction of sp³-hybridized carbons (Fsp3) is 0.231. The molecule has 1 heterocycles. The number of nitrogens with one attached hydrogen (secondary N) is 1. The maximum Gasteiger partial charge on any atom is 0.199 e. The second kappa shape index (κ2) is 6.29. The minimum Gasteiger partial charge on any atom is -0.497 e. The molecule has 7 heteroatoms. The first-order valence-corrected chi connectivity index (χ1v) is 6.11. The van der Waals surface area contributed by atoms with E-state index in [1.165, 1.54) is 13.4 Å². The summed E-state index contributed by atoms with van der Waals surface area (Å²) in [5.74, 6) is 2.13. The number of anilines is 2. The van der Waals surface area contributed by atoms with Crippen LogP contribution in [0.4, 0.5) is 11.5 Å². The molecule has 1 aromatic carbocycles. The van der Waals surface area contributed by atoms with Crippen LogP contribution in [0.15, 0.2) is 24.5 Å². The maximum absolute atomic E-state index is 5.95. The normalized spacial score (nSPS) is 10.0. The third kappa shape index (κ3) is 2.85. The number of halogens is 1. The van der Waals surface area contributed by atoms with E-state index in [0.717, 1.165) is 0 Å². The molecular formula is C13H14ClN3O3. The predicted octanol–water partition coefficient (Wildman–Crippen LogP) is 2.90. The highest BCUT2D eigenvalue weighted by atomic mass is 35.5. The summed E-state index contributed by atoms with van der Waals surface area (Å²) >= 11 is 5.95. The fourth-order valence-electron chi connectivity index (χ4n) is 1.65. The van der Waals surface area contributed by atoms with E-state index in [1.54, 1.807) is 26.4 Å². The van der Waals surface area contributed by atoms with Gasteiger partial charge in [0.05, 0.1) is 27.0 Å². The first-order chi connectivity index (χ1) is 9.69. The van der Waals surface area contributed by atoms with Crippen LogP contribution in [-0.2, 0) is 0 Å². The molecule has 0 aliphatic carbocycles. The first kappa shape index (κ1) is 14.2. The zero-order valence-corrected chi connectivity index (χ0v) is 12.1. The minimum atomic E-state index is 0.234. The van der Waals surface area contributed by atoms with Crippen LogP contribution >= 0.6 is 11.6 Å². The van der Waals surface area contributed by atoms with Crippen molar-refractivity contribution in [1.29, 1.82) is 0 Å². The molecule has 0 atom stereocenters. The van der Waals surface area contributed by atoms with Gasteiger partial charge in [0.25, 0.3) is 0 Å². The van der Waals surface area contributed by atoms with Crippen molar-refractivity contribution in [2.45, 2.75) is 0 Å². The molecule has 0 bridgehead atoms. The van der Waals surface area contributed by atoms with Gasteiger partial charge in [-0.15, -0.1) is 0 Å². The van der Waals surface area contributed by atoms with Gasteiger partial charge in [-0.25, -0.2) is 9.97 Å². The van der Waals surface area contributed by atoms with E-state index in [9.17, 15) is 0 Å². The zero-order chi connectivity index (χ0) is 14.5. The third-order valence-electron chi connectivity index (χ3n) is 2.63. The Morgan fingerprint density at radius 3 is 2.50 bits per heavy atom. The molecule has 2 aromatic rings. The fourth-order valence-corrected chi connectivity index (χ4v) is 1.86. The number of benzene rings is 1. The van der Waals surface area contributed by atoms with Crippen molar-refractivity contribution in [1.82, 2.24) is 9.97 Å². The van der Waals surface area contributed by atoms with Crippen molar-refractivity contribution in [3.8, 4) is 17.2 Å². The van der Waals surface area contributed by atoms with Gasteiger partial charge in [-0.3, -0.25) is 0 Å². The van der Waals surface area contributed by atoms with Gasteiger partial charge in [-0.2, -0.15) is 0 Å². The highest BCUT2D eigenvalue weighted by Crippen LogP contribution is 2.35. The number of rotatable bonds is 5. The van der Waals surface area contributed by atoms with Crippen LogP contribution in [0.25, 0.3) is 0 Å². The number of aromatic nitrogens is 2. The molecule has 1 N–H and O–H groups in total. The summed E-state index contributed by atoms with van der Waals surface area (Å²) in [6.45, 7) is 0. The molecule has 1 aromatic heterocycles. The molecule has 0 radical (unpaired) electrons. The molecule has 0 unspecified atom stereocenters. The summed E-state index contributed by atoms with van der Waals surface area (Å²) in [6, 6.07) is 5.38. The standard InChI is InChI=1S/C13H14ClN3O3/c1-18-8-4-5-9(10(6-8)19-2)17-13-11(20-3)12(14)15-7-16-13/h4-7H,1-3H3,(H,15,16,17). The van der Waals surface area contributed by atoms with E-state index in [-0.39, 0.29) is 5.15 Å². The van der Waals surface area contributed by atoms with Crippen molar-refractivity contribution in [3.05, 3.63) is 29.7 Å². The molecule has 0 amide bonds. The van der Waals surface area contributed by atoms with Gasteiger partial charge in [0, 0.05) is 6.07 Å². The van der Waals surface area contributed by atoms with Crippen LogP contribution in [0, 0.1) is 0 Å². The van der Waals surface area contributed by atoms with Gasteiger partial charge in [0.1, 0.15) is 17.8 Å². The summed E-state index contributed by atoms with van der Waals surface area (Å²) in [6.07, 6.45) is 1.35. The molecule has 20 heavy (non-hydrogen) atoms. The summed E-state index contributed by atoms with van der Waals surface area (Å²) in [4.78, 5) is 7.97. The van der Waals surface area contributed by atoms with E-state index in [0.29, 0.717) is 28.8 Å². The summed E-state index contributed by atoms with van der Waals surface area (Å²) in [5, 5.41) is 3.33. The van der Waals surface area contributed by atoms with Crippen molar-refractivity contribution in [2.24, 2.45) is 0 Å². The molecule has 2 rings (SSSR count). The summed E-state index contributed by atoms with van der Waals surface area (Å²) < 4.78 is 15.6. The van der Waals surface area contributed by atoms with Crippen LogP contribution in [0.3, 0.4) is 0 Å². The molecule has 0 saturated heterocycles. The lowest BCUT2D eigenvalue weighted by molar-refractivity contribution is 0.395. The van der Waals surface area contributed by atoms with E-state index in [2.05, 4.69) is 15.3 Å². The molecule has 106 valence electrons. The van der Waals surface area contributed by atoms with Crippen molar-refractivity contribution in [2.75, 3.05) is 26.6 Å². The van der Waals surface area contributed by atoms with Crippen molar-refractivity contribution in [3.63, 3.8) is 0 Å². The Labute approximate surface area is 121 Å². The van der Waals surface area contributed by atoms with Gasteiger partial charge < -0.3 is 19.5 Å². The SMILES string of the molecule is COc1ccc(Nc2ncnc(Cl)c2OC)c(OC)c1. The lowest BCUT2D eigenvalue weighted by atomic mass is 10.2. The first-order valence-electron chi connectivity index (χ1n) is 5.73. The van der Waals surface area contributed by atoms with Gasteiger partial charge >= 0.3 is 0 Å². The van der Waals surface area contributed by atoms with Crippen LogP contribution in [0.1, 0.15) is 0 Å². The topological polar surface area (TPSA) is 65.5 Å². The summed E-state index contributed by atoms with van der Waals surface area (Å²) in [5.41, 5.74) is 0.710.